The van der Waals surface area contributed by atoms with Crippen LogP contribution in [0.5, 0.6) is 0 Å². The van der Waals surface area contributed by atoms with Crippen molar-refractivity contribution in [1.82, 2.24) is 20.1 Å². The predicted octanol–water partition coefficient (Wildman–Crippen LogP) is 3.11. The molecule has 128 valence electrons. The Kier molecular flexibility index (Phi) is 4.83. The predicted molar refractivity (Wildman–Crippen MR) is 93.9 cm³/mol. The van der Waals surface area contributed by atoms with E-state index >= 15 is 0 Å². The van der Waals surface area contributed by atoms with Gasteiger partial charge in [0.25, 0.3) is 0 Å². The first-order valence-electron chi connectivity index (χ1n) is 8.84. The number of nitrogens with zero attached hydrogens (tertiary/aromatic N) is 3. The zero-order valence-corrected chi connectivity index (χ0v) is 14.5. The summed E-state index contributed by atoms with van der Waals surface area (Å²) in [6, 6.07) is 7.82. The Morgan fingerprint density at radius 2 is 2.08 bits per heavy atom. The van der Waals surface area contributed by atoms with Crippen molar-refractivity contribution >= 4 is 11.6 Å². The van der Waals surface area contributed by atoms with Crippen LogP contribution in [0.25, 0.3) is 5.69 Å². The summed E-state index contributed by atoms with van der Waals surface area (Å²) in [7, 11) is 0. The van der Waals surface area contributed by atoms with Gasteiger partial charge in [0.1, 0.15) is 5.82 Å². The Balaban J connectivity index is 1.67. The number of ether oxygens (including phenoxy) is 1. The molecule has 1 N–H and O–H groups in total. The highest BCUT2D eigenvalue weighted by Gasteiger charge is 2.25. The van der Waals surface area contributed by atoms with Crippen LogP contribution in [0, 0.1) is 0 Å². The zero-order valence-electron chi connectivity index (χ0n) is 13.7. The lowest BCUT2D eigenvalue weighted by Gasteiger charge is -2.23. The average Bonchev–Trinajstić information content (AvgIpc) is 3.26. The molecule has 1 aromatic carbocycles. The maximum absolute atomic E-state index is 6.41. The van der Waals surface area contributed by atoms with Gasteiger partial charge in [0, 0.05) is 25.4 Å². The molecule has 2 aliphatic rings. The molecule has 1 saturated carbocycles. The Hall–Kier alpha value is -1.43. The molecule has 1 aromatic heterocycles. The molecule has 1 aliphatic heterocycles. The number of aromatic nitrogens is 3. The largest absolute Gasteiger partial charge is 0.375 e. The molecule has 6 heteroatoms. The van der Waals surface area contributed by atoms with Crippen LogP contribution in [0.15, 0.2) is 24.3 Å². The monoisotopic (exact) mass is 346 g/mol. The number of hydrogen-bond acceptors (Lipinski definition) is 4. The molecule has 0 amide bonds. The van der Waals surface area contributed by atoms with Crippen molar-refractivity contribution < 1.29 is 4.74 Å². The molecule has 0 radical (unpaired) electrons. The third kappa shape index (κ3) is 3.34. The lowest BCUT2D eigenvalue weighted by Crippen LogP contribution is -2.40. The standard InChI is InChI=1S/C18H23ClN4O/c19-15-7-3-4-8-16(15)23-17(11-14-12-20-9-10-24-14)21-18(22-23)13-5-1-2-6-13/h3-4,7-8,13-14,20H,1-2,5-6,9-12H2. The summed E-state index contributed by atoms with van der Waals surface area (Å²) in [6.45, 7) is 2.52. The van der Waals surface area contributed by atoms with E-state index in [1.165, 1.54) is 25.7 Å². The van der Waals surface area contributed by atoms with Crippen molar-refractivity contribution in [2.24, 2.45) is 0 Å². The number of hydrogen-bond donors (Lipinski definition) is 1. The van der Waals surface area contributed by atoms with Crippen molar-refractivity contribution in [1.29, 1.82) is 0 Å². The van der Waals surface area contributed by atoms with Gasteiger partial charge >= 0.3 is 0 Å². The molecule has 5 nitrogen and oxygen atoms in total. The van der Waals surface area contributed by atoms with Crippen LogP contribution in [0.3, 0.4) is 0 Å². The number of para-hydroxylation sites is 1. The van der Waals surface area contributed by atoms with Crippen LogP contribution in [0.1, 0.15) is 43.3 Å². The van der Waals surface area contributed by atoms with Crippen molar-refractivity contribution in [3.8, 4) is 5.69 Å². The van der Waals surface area contributed by atoms with Gasteiger partial charge in [-0.3, -0.25) is 0 Å². The summed E-state index contributed by atoms with van der Waals surface area (Å²) in [4.78, 5) is 4.89. The van der Waals surface area contributed by atoms with Crippen LogP contribution in [0.4, 0.5) is 0 Å². The smallest absolute Gasteiger partial charge is 0.154 e. The van der Waals surface area contributed by atoms with E-state index in [0.717, 1.165) is 43.5 Å². The lowest BCUT2D eigenvalue weighted by atomic mass is 10.1. The fraction of sp³-hybridized carbons (Fsp3) is 0.556. The summed E-state index contributed by atoms with van der Waals surface area (Å²) in [5.41, 5.74) is 0.898. The fourth-order valence-electron chi connectivity index (χ4n) is 3.62. The van der Waals surface area contributed by atoms with Gasteiger partial charge in [-0.2, -0.15) is 5.10 Å². The summed E-state index contributed by atoms with van der Waals surface area (Å²) < 4.78 is 7.79. The van der Waals surface area contributed by atoms with Gasteiger partial charge in [0.2, 0.25) is 0 Å². The average molecular weight is 347 g/mol. The van der Waals surface area contributed by atoms with Gasteiger partial charge in [-0.05, 0) is 25.0 Å². The second-order valence-corrected chi connectivity index (χ2v) is 7.04. The Bertz CT molecular complexity index is 690. The fourth-order valence-corrected chi connectivity index (χ4v) is 3.84. The molecule has 1 saturated heterocycles. The maximum Gasteiger partial charge on any atom is 0.154 e. The van der Waals surface area contributed by atoms with E-state index in [1.807, 2.05) is 28.9 Å². The Labute approximate surface area is 147 Å². The maximum atomic E-state index is 6.41. The van der Waals surface area contributed by atoms with Gasteiger partial charge in [-0.15, -0.1) is 0 Å². The number of morpholine rings is 1. The molecule has 2 aromatic rings. The molecule has 0 bridgehead atoms. The molecule has 24 heavy (non-hydrogen) atoms. The molecular formula is C18H23ClN4O. The molecule has 4 rings (SSSR count). The minimum atomic E-state index is 0.139. The van der Waals surface area contributed by atoms with E-state index < -0.39 is 0 Å². The molecule has 1 aliphatic carbocycles. The molecular weight excluding hydrogens is 324 g/mol. The number of rotatable bonds is 4. The van der Waals surface area contributed by atoms with Gasteiger partial charge in [-0.1, -0.05) is 36.6 Å². The van der Waals surface area contributed by atoms with Crippen LogP contribution in [0.2, 0.25) is 5.02 Å². The Morgan fingerprint density at radius 1 is 1.25 bits per heavy atom. The van der Waals surface area contributed by atoms with Crippen molar-refractivity contribution in [3.63, 3.8) is 0 Å². The highest BCUT2D eigenvalue weighted by Crippen LogP contribution is 2.33. The van der Waals surface area contributed by atoms with Crippen molar-refractivity contribution in [2.45, 2.75) is 44.1 Å². The third-order valence-electron chi connectivity index (χ3n) is 4.91. The van der Waals surface area contributed by atoms with Crippen molar-refractivity contribution in [3.05, 3.63) is 40.9 Å². The Morgan fingerprint density at radius 3 is 2.83 bits per heavy atom. The van der Waals surface area contributed by atoms with Gasteiger partial charge < -0.3 is 10.1 Å². The van der Waals surface area contributed by atoms with Crippen LogP contribution in [-0.2, 0) is 11.2 Å². The molecule has 1 unspecified atom stereocenters. The first kappa shape index (κ1) is 16.1. The number of halogens is 1. The van der Waals surface area contributed by atoms with E-state index in [9.17, 15) is 0 Å². The summed E-state index contributed by atoms with van der Waals surface area (Å²) in [5.74, 6) is 2.39. The first-order valence-corrected chi connectivity index (χ1v) is 9.22. The first-order chi connectivity index (χ1) is 11.8. The summed E-state index contributed by atoms with van der Waals surface area (Å²) in [5, 5.41) is 8.91. The summed E-state index contributed by atoms with van der Waals surface area (Å²) >= 11 is 6.41. The number of nitrogens with one attached hydrogen (secondary N) is 1. The van der Waals surface area contributed by atoms with Crippen LogP contribution in [-0.4, -0.2) is 40.6 Å². The van der Waals surface area contributed by atoms with Gasteiger partial charge in [-0.25, -0.2) is 9.67 Å². The second kappa shape index (κ2) is 7.21. The lowest BCUT2D eigenvalue weighted by molar-refractivity contribution is 0.0277. The van der Waals surface area contributed by atoms with E-state index in [1.54, 1.807) is 0 Å². The number of benzene rings is 1. The van der Waals surface area contributed by atoms with Crippen LogP contribution >= 0.6 is 11.6 Å². The molecule has 2 fully saturated rings. The molecule has 0 spiro atoms. The quantitative estimate of drug-likeness (QED) is 0.924. The highest BCUT2D eigenvalue weighted by molar-refractivity contribution is 6.32. The SMILES string of the molecule is Clc1ccccc1-n1nc(C2CCCC2)nc1CC1CNCCO1. The minimum Gasteiger partial charge on any atom is -0.375 e. The topological polar surface area (TPSA) is 52.0 Å². The second-order valence-electron chi connectivity index (χ2n) is 6.63. The third-order valence-corrected chi connectivity index (χ3v) is 5.23. The normalized spacial score (nSPS) is 22.1. The van der Waals surface area contributed by atoms with Gasteiger partial charge in [0.15, 0.2) is 5.82 Å². The van der Waals surface area contributed by atoms with Crippen molar-refractivity contribution in [2.75, 3.05) is 19.7 Å². The van der Waals surface area contributed by atoms with Gasteiger partial charge in [0.05, 0.1) is 23.4 Å². The van der Waals surface area contributed by atoms with E-state index in [-0.39, 0.29) is 6.10 Å². The summed E-state index contributed by atoms with van der Waals surface area (Å²) in [6.07, 6.45) is 5.81. The van der Waals surface area contributed by atoms with E-state index in [0.29, 0.717) is 10.9 Å². The minimum absolute atomic E-state index is 0.139. The van der Waals surface area contributed by atoms with E-state index in [2.05, 4.69) is 5.32 Å². The molecule has 2 heterocycles. The van der Waals surface area contributed by atoms with E-state index in [4.69, 9.17) is 26.4 Å². The molecule has 1 atom stereocenters. The zero-order chi connectivity index (χ0) is 16.4. The van der Waals surface area contributed by atoms with Crippen LogP contribution < -0.4 is 5.32 Å². The highest BCUT2D eigenvalue weighted by atomic mass is 35.5.